The summed E-state index contributed by atoms with van der Waals surface area (Å²) in [5, 5.41) is 9.02. The first-order valence-corrected chi connectivity index (χ1v) is 5.97. The molecule has 1 rings (SSSR count). The van der Waals surface area contributed by atoms with E-state index in [4.69, 9.17) is 10.8 Å². The van der Waals surface area contributed by atoms with Gasteiger partial charge >= 0.3 is 11.9 Å². The Kier molecular flexibility index (Phi) is 4.84. The molecule has 0 saturated heterocycles. The second kappa shape index (κ2) is 6.15. The molecule has 1 aromatic rings. The number of carboxylic acids is 1. The molecule has 0 radical (unpaired) electrons. The standard InChI is InChI=1S/C11H13NO4S/c1-16-9(13)6-17-5-7-3-2-4-8(12)10(7)11(14)15/h2-4H,5-6,12H2,1H3,(H,14,15). The minimum absolute atomic E-state index is 0.102. The Labute approximate surface area is 103 Å². The van der Waals surface area contributed by atoms with Gasteiger partial charge in [-0.15, -0.1) is 11.8 Å². The minimum Gasteiger partial charge on any atom is -0.478 e. The lowest BCUT2D eigenvalue weighted by molar-refractivity contribution is -0.137. The van der Waals surface area contributed by atoms with Gasteiger partial charge in [0, 0.05) is 11.4 Å². The van der Waals surface area contributed by atoms with Crippen LogP contribution in [0.3, 0.4) is 0 Å². The monoisotopic (exact) mass is 255 g/mol. The van der Waals surface area contributed by atoms with E-state index in [0.717, 1.165) is 0 Å². The van der Waals surface area contributed by atoms with Crippen LogP contribution in [0.2, 0.25) is 0 Å². The van der Waals surface area contributed by atoms with E-state index in [0.29, 0.717) is 11.3 Å². The van der Waals surface area contributed by atoms with Crippen LogP contribution in [0.5, 0.6) is 0 Å². The van der Waals surface area contributed by atoms with Crippen molar-refractivity contribution in [2.24, 2.45) is 0 Å². The smallest absolute Gasteiger partial charge is 0.338 e. The highest BCUT2D eigenvalue weighted by Crippen LogP contribution is 2.21. The molecule has 0 amide bonds. The van der Waals surface area contributed by atoms with Gasteiger partial charge in [-0.1, -0.05) is 12.1 Å². The third kappa shape index (κ3) is 3.67. The second-order valence-corrected chi connectivity index (χ2v) is 4.24. The van der Waals surface area contributed by atoms with Gasteiger partial charge in [-0.2, -0.15) is 0 Å². The molecule has 0 spiro atoms. The van der Waals surface area contributed by atoms with Crippen molar-refractivity contribution < 1.29 is 19.4 Å². The van der Waals surface area contributed by atoms with E-state index in [2.05, 4.69) is 4.74 Å². The predicted octanol–water partition coefficient (Wildman–Crippen LogP) is 1.37. The van der Waals surface area contributed by atoms with Crippen LogP contribution in [-0.2, 0) is 15.3 Å². The van der Waals surface area contributed by atoms with Gasteiger partial charge in [0.1, 0.15) is 0 Å². The number of methoxy groups -OCH3 is 1. The number of hydrogen-bond acceptors (Lipinski definition) is 5. The first-order chi connectivity index (χ1) is 8.06. The molecule has 0 atom stereocenters. The number of benzene rings is 1. The zero-order valence-electron chi connectivity index (χ0n) is 9.30. The Balaban J connectivity index is 2.74. The van der Waals surface area contributed by atoms with Gasteiger partial charge in [0.25, 0.3) is 0 Å². The van der Waals surface area contributed by atoms with Crippen molar-refractivity contribution in [1.29, 1.82) is 0 Å². The van der Waals surface area contributed by atoms with E-state index in [1.165, 1.54) is 24.9 Å². The molecular formula is C11H13NO4S. The van der Waals surface area contributed by atoms with Gasteiger partial charge in [0.15, 0.2) is 0 Å². The van der Waals surface area contributed by atoms with Crippen molar-refractivity contribution in [2.75, 3.05) is 18.6 Å². The average molecular weight is 255 g/mol. The number of carboxylic acid groups (broad SMARTS) is 1. The first kappa shape index (κ1) is 13.4. The molecule has 0 heterocycles. The zero-order chi connectivity index (χ0) is 12.8. The van der Waals surface area contributed by atoms with Crippen molar-refractivity contribution >= 4 is 29.4 Å². The normalized spacial score (nSPS) is 9.94. The van der Waals surface area contributed by atoms with Crippen LogP contribution in [0.25, 0.3) is 0 Å². The maximum atomic E-state index is 11.0. The fourth-order valence-electron chi connectivity index (χ4n) is 1.30. The fourth-order valence-corrected chi connectivity index (χ4v) is 2.15. The second-order valence-electron chi connectivity index (χ2n) is 3.26. The average Bonchev–Trinajstić information content (AvgIpc) is 2.28. The number of hydrogen-bond donors (Lipinski definition) is 2. The van der Waals surface area contributed by atoms with Crippen LogP contribution in [-0.4, -0.2) is 29.9 Å². The Morgan fingerprint density at radius 1 is 1.47 bits per heavy atom. The number of anilines is 1. The summed E-state index contributed by atoms with van der Waals surface area (Å²) in [6, 6.07) is 4.91. The fraction of sp³-hybridized carbons (Fsp3) is 0.273. The lowest BCUT2D eigenvalue weighted by atomic mass is 10.1. The summed E-state index contributed by atoms with van der Waals surface area (Å²) in [5.74, 6) is -0.806. The molecule has 17 heavy (non-hydrogen) atoms. The van der Waals surface area contributed by atoms with Crippen LogP contribution in [0.1, 0.15) is 15.9 Å². The van der Waals surface area contributed by atoms with Crippen molar-refractivity contribution in [3.05, 3.63) is 29.3 Å². The molecule has 3 N–H and O–H groups in total. The Morgan fingerprint density at radius 3 is 2.76 bits per heavy atom. The Bertz CT molecular complexity index is 433. The van der Waals surface area contributed by atoms with Crippen LogP contribution in [0.4, 0.5) is 5.69 Å². The van der Waals surface area contributed by atoms with Crippen molar-refractivity contribution in [1.82, 2.24) is 0 Å². The van der Waals surface area contributed by atoms with E-state index in [9.17, 15) is 9.59 Å². The third-order valence-electron chi connectivity index (χ3n) is 2.10. The number of thioether (sulfide) groups is 1. The van der Waals surface area contributed by atoms with E-state index >= 15 is 0 Å². The number of rotatable bonds is 5. The summed E-state index contributed by atoms with van der Waals surface area (Å²) in [7, 11) is 1.31. The van der Waals surface area contributed by atoms with Crippen LogP contribution >= 0.6 is 11.8 Å². The topological polar surface area (TPSA) is 89.6 Å². The van der Waals surface area contributed by atoms with Crippen LogP contribution in [0, 0.1) is 0 Å². The number of ether oxygens (including phenoxy) is 1. The SMILES string of the molecule is COC(=O)CSCc1cccc(N)c1C(=O)O. The molecule has 0 fully saturated rings. The predicted molar refractivity (Wildman–Crippen MR) is 66.0 cm³/mol. The molecule has 1 aromatic carbocycles. The van der Waals surface area contributed by atoms with Crippen molar-refractivity contribution in [3.63, 3.8) is 0 Å². The highest BCUT2D eigenvalue weighted by Gasteiger charge is 2.13. The molecule has 0 saturated carbocycles. The van der Waals surface area contributed by atoms with Gasteiger partial charge in [0.2, 0.25) is 0 Å². The summed E-state index contributed by atoms with van der Waals surface area (Å²) >= 11 is 1.29. The van der Waals surface area contributed by atoms with Gasteiger partial charge in [-0.3, -0.25) is 4.79 Å². The lowest BCUT2D eigenvalue weighted by Gasteiger charge is -2.07. The van der Waals surface area contributed by atoms with Gasteiger partial charge in [-0.25, -0.2) is 4.79 Å². The molecule has 0 bridgehead atoms. The van der Waals surface area contributed by atoms with E-state index in [1.807, 2.05) is 0 Å². The van der Waals surface area contributed by atoms with E-state index < -0.39 is 5.97 Å². The molecular weight excluding hydrogens is 242 g/mol. The summed E-state index contributed by atoms with van der Waals surface area (Å²) in [4.78, 5) is 21.9. The summed E-state index contributed by atoms with van der Waals surface area (Å²) in [6.45, 7) is 0. The van der Waals surface area contributed by atoms with E-state index in [-0.39, 0.29) is 23.0 Å². The Hall–Kier alpha value is -1.69. The summed E-state index contributed by atoms with van der Waals surface area (Å²) in [6.07, 6.45) is 0. The van der Waals surface area contributed by atoms with Gasteiger partial charge in [0.05, 0.1) is 18.4 Å². The number of aromatic carboxylic acids is 1. The van der Waals surface area contributed by atoms with E-state index in [1.54, 1.807) is 12.1 Å². The number of nitrogen functional groups attached to an aromatic ring is 1. The van der Waals surface area contributed by atoms with Gasteiger partial charge in [-0.05, 0) is 11.6 Å². The molecule has 0 aliphatic heterocycles. The minimum atomic E-state index is -1.06. The molecule has 0 unspecified atom stereocenters. The molecule has 92 valence electrons. The summed E-state index contributed by atoms with van der Waals surface area (Å²) in [5.41, 5.74) is 6.53. The molecule has 0 aliphatic carbocycles. The zero-order valence-corrected chi connectivity index (χ0v) is 10.1. The first-order valence-electron chi connectivity index (χ1n) is 4.81. The van der Waals surface area contributed by atoms with Crippen LogP contribution in [0.15, 0.2) is 18.2 Å². The molecule has 6 heteroatoms. The number of carbonyl (C=O) groups is 2. The maximum absolute atomic E-state index is 11.0. The van der Waals surface area contributed by atoms with Crippen molar-refractivity contribution in [2.45, 2.75) is 5.75 Å². The highest BCUT2D eigenvalue weighted by atomic mass is 32.2. The lowest BCUT2D eigenvalue weighted by Crippen LogP contribution is -2.07. The maximum Gasteiger partial charge on any atom is 0.338 e. The van der Waals surface area contributed by atoms with Gasteiger partial charge < -0.3 is 15.6 Å². The molecule has 0 aromatic heterocycles. The Morgan fingerprint density at radius 2 is 2.18 bits per heavy atom. The largest absolute Gasteiger partial charge is 0.478 e. The quantitative estimate of drug-likeness (QED) is 0.610. The van der Waals surface area contributed by atoms with Crippen LogP contribution < -0.4 is 5.73 Å². The molecule has 0 aliphatic rings. The third-order valence-corrected chi connectivity index (χ3v) is 3.06. The number of esters is 1. The molecule has 5 nitrogen and oxygen atoms in total. The highest BCUT2D eigenvalue weighted by molar-refractivity contribution is 7.99. The number of nitrogens with two attached hydrogens (primary N) is 1. The summed E-state index contributed by atoms with van der Waals surface area (Å²) < 4.78 is 4.49. The number of carbonyl (C=O) groups excluding carboxylic acids is 1. The van der Waals surface area contributed by atoms with Crippen molar-refractivity contribution in [3.8, 4) is 0 Å².